The zero-order valence-corrected chi connectivity index (χ0v) is 9.14. The summed E-state index contributed by atoms with van der Waals surface area (Å²) in [6.45, 7) is 5.66. The van der Waals surface area contributed by atoms with Crippen LogP contribution in [0.25, 0.3) is 0 Å². The fourth-order valence-electron chi connectivity index (χ4n) is 1.47. The highest BCUT2D eigenvalue weighted by Gasteiger charge is 2.21. The topological polar surface area (TPSA) is 46.3 Å². The van der Waals surface area contributed by atoms with E-state index < -0.39 is 0 Å². The van der Waals surface area contributed by atoms with Crippen molar-refractivity contribution in [3.8, 4) is 0 Å². The number of nitrogens with two attached hydrogens (primary N) is 1. The van der Waals surface area contributed by atoms with Crippen molar-refractivity contribution < 1.29 is 4.79 Å². The SMILES string of the molecule is CC1CSCCN(C(=O)[C@H](C)N)C1. The summed E-state index contributed by atoms with van der Waals surface area (Å²) in [6.07, 6.45) is 0. The molecule has 1 fully saturated rings. The Labute approximate surface area is 84.0 Å². The maximum atomic E-state index is 11.6. The smallest absolute Gasteiger partial charge is 0.239 e. The van der Waals surface area contributed by atoms with Crippen molar-refractivity contribution in [1.29, 1.82) is 0 Å². The summed E-state index contributed by atoms with van der Waals surface area (Å²) in [6, 6.07) is -0.352. The van der Waals surface area contributed by atoms with Crippen LogP contribution in [-0.4, -0.2) is 41.4 Å². The molecular formula is C9H18N2OS. The van der Waals surface area contributed by atoms with Gasteiger partial charge in [0.15, 0.2) is 0 Å². The zero-order valence-electron chi connectivity index (χ0n) is 8.32. The Hall–Kier alpha value is -0.220. The summed E-state index contributed by atoms with van der Waals surface area (Å²) < 4.78 is 0. The van der Waals surface area contributed by atoms with Crippen LogP contribution in [-0.2, 0) is 4.79 Å². The number of hydrogen-bond donors (Lipinski definition) is 1. The summed E-state index contributed by atoms with van der Waals surface area (Å²) in [7, 11) is 0. The number of nitrogens with zero attached hydrogens (tertiary/aromatic N) is 1. The lowest BCUT2D eigenvalue weighted by atomic mass is 10.2. The molecule has 2 N–H and O–H groups in total. The van der Waals surface area contributed by atoms with E-state index in [-0.39, 0.29) is 11.9 Å². The van der Waals surface area contributed by atoms with Gasteiger partial charge in [-0.05, 0) is 18.6 Å². The molecule has 0 aromatic heterocycles. The van der Waals surface area contributed by atoms with E-state index in [2.05, 4.69) is 6.92 Å². The van der Waals surface area contributed by atoms with Crippen LogP contribution in [0.5, 0.6) is 0 Å². The molecule has 3 nitrogen and oxygen atoms in total. The first kappa shape index (κ1) is 10.9. The number of thioether (sulfide) groups is 1. The number of hydrogen-bond acceptors (Lipinski definition) is 3. The molecule has 1 heterocycles. The van der Waals surface area contributed by atoms with E-state index in [4.69, 9.17) is 5.73 Å². The van der Waals surface area contributed by atoms with Gasteiger partial charge in [-0.2, -0.15) is 11.8 Å². The molecule has 0 aromatic rings. The second-order valence-electron chi connectivity index (χ2n) is 3.75. The van der Waals surface area contributed by atoms with Gasteiger partial charge in [-0.15, -0.1) is 0 Å². The Morgan fingerprint density at radius 3 is 3.00 bits per heavy atom. The van der Waals surface area contributed by atoms with Crippen LogP contribution in [0.3, 0.4) is 0 Å². The Morgan fingerprint density at radius 1 is 1.69 bits per heavy atom. The highest BCUT2D eigenvalue weighted by atomic mass is 32.2. The van der Waals surface area contributed by atoms with E-state index in [0.717, 1.165) is 24.6 Å². The third kappa shape index (κ3) is 3.19. The molecule has 0 saturated carbocycles. The molecule has 0 radical (unpaired) electrons. The lowest BCUT2D eigenvalue weighted by Crippen LogP contribution is -2.44. The highest BCUT2D eigenvalue weighted by Crippen LogP contribution is 2.15. The van der Waals surface area contributed by atoms with Crippen molar-refractivity contribution in [3.05, 3.63) is 0 Å². The minimum Gasteiger partial charge on any atom is -0.340 e. The summed E-state index contributed by atoms with van der Waals surface area (Å²) in [5.74, 6) is 2.88. The van der Waals surface area contributed by atoms with E-state index in [1.165, 1.54) is 0 Å². The minimum absolute atomic E-state index is 0.0920. The zero-order chi connectivity index (χ0) is 9.84. The van der Waals surface area contributed by atoms with Crippen molar-refractivity contribution >= 4 is 17.7 Å². The molecule has 0 aromatic carbocycles. The van der Waals surface area contributed by atoms with Crippen LogP contribution in [0.4, 0.5) is 0 Å². The average molecular weight is 202 g/mol. The fourth-order valence-corrected chi connectivity index (χ4v) is 2.49. The summed E-state index contributed by atoms with van der Waals surface area (Å²) >= 11 is 1.92. The van der Waals surface area contributed by atoms with Crippen molar-refractivity contribution in [1.82, 2.24) is 4.90 Å². The Morgan fingerprint density at radius 2 is 2.38 bits per heavy atom. The minimum atomic E-state index is -0.352. The second kappa shape index (κ2) is 4.86. The quantitative estimate of drug-likeness (QED) is 0.675. The van der Waals surface area contributed by atoms with Crippen LogP contribution >= 0.6 is 11.8 Å². The lowest BCUT2D eigenvalue weighted by molar-refractivity contribution is -0.132. The standard InChI is InChI=1S/C9H18N2OS/c1-7-5-11(3-4-13-6-7)9(12)8(2)10/h7-8H,3-6,10H2,1-2H3/t7?,8-/m0/s1. The normalized spacial score (nSPS) is 26.7. The van der Waals surface area contributed by atoms with E-state index in [0.29, 0.717) is 5.92 Å². The molecule has 1 amide bonds. The molecule has 2 atom stereocenters. The van der Waals surface area contributed by atoms with Crippen molar-refractivity contribution in [2.24, 2.45) is 11.7 Å². The number of rotatable bonds is 1. The monoisotopic (exact) mass is 202 g/mol. The van der Waals surface area contributed by atoms with Crippen LogP contribution in [0.15, 0.2) is 0 Å². The molecule has 13 heavy (non-hydrogen) atoms. The van der Waals surface area contributed by atoms with E-state index in [1.807, 2.05) is 16.7 Å². The Balaban J connectivity index is 2.52. The molecular weight excluding hydrogens is 184 g/mol. The predicted molar refractivity (Wildman–Crippen MR) is 56.7 cm³/mol. The van der Waals surface area contributed by atoms with Gasteiger partial charge in [0.2, 0.25) is 5.91 Å². The maximum absolute atomic E-state index is 11.6. The molecule has 1 aliphatic heterocycles. The summed E-state index contributed by atoms with van der Waals surface area (Å²) in [4.78, 5) is 13.5. The largest absolute Gasteiger partial charge is 0.340 e. The Kier molecular flexibility index (Phi) is 4.06. The summed E-state index contributed by atoms with van der Waals surface area (Å²) in [5.41, 5.74) is 5.57. The first-order valence-electron chi connectivity index (χ1n) is 4.73. The number of amides is 1. The van der Waals surface area contributed by atoms with Gasteiger partial charge in [-0.3, -0.25) is 4.79 Å². The molecule has 1 unspecified atom stereocenters. The van der Waals surface area contributed by atoms with Gasteiger partial charge in [0.25, 0.3) is 0 Å². The average Bonchev–Trinajstić information content (AvgIpc) is 2.28. The van der Waals surface area contributed by atoms with Gasteiger partial charge in [0, 0.05) is 18.8 Å². The molecule has 4 heteroatoms. The number of carbonyl (C=O) groups is 1. The molecule has 0 bridgehead atoms. The Bertz CT molecular complexity index is 184. The predicted octanol–water partition coefficient (Wildman–Crippen LogP) is 0.545. The van der Waals surface area contributed by atoms with Gasteiger partial charge in [0.1, 0.15) is 0 Å². The van der Waals surface area contributed by atoms with Crippen molar-refractivity contribution in [2.75, 3.05) is 24.6 Å². The third-order valence-electron chi connectivity index (χ3n) is 2.14. The fraction of sp³-hybridized carbons (Fsp3) is 0.889. The van der Waals surface area contributed by atoms with Gasteiger partial charge in [-0.1, -0.05) is 6.92 Å². The van der Waals surface area contributed by atoms with Crippen LogP contribution in [0.2, 0.25) is 0 Å². The molecule has 1 saturated heterocycles. The number of carbonyl (C=O) groups excluding carboxylic acids is 1. The van der Waals surface area contributed by atoms with Crippen molar-refractivity contribution in [2.45, 2.75) is 19.9 Å². The summed E-state index contributed by atoms with van der Waals surface area (Å²) in [5, 5.41) is 0. The van der Waals surface area contributed by atoms with E-state index in [9.17, 15) is 4.79 Å². The molecule has 0 spiro atoms. The van der Waals surface area contributed by atoms with Crippen LogP contribution in [0, 0.1) is 5.92 Å². The molecule has 1 rings (SSSR count). The van der Waals surface area contributed by atoms with Gasteiger partial charge >= 0.3 is 0 Å². The van der Waals surface area contributed by atoms with Gasteiger partial charge in [-0.25, -0.2) is 0 Å². The van der Waals surface area contributed by atoms with Gasteiger partial charge < -0.3 is 10.6 Å². The molecule has 76 valence electrons. The van der Waals surface area contributed by atoms with E-state index in [1.54, 1.807) is 6.92 Å². The first-order chi connectivity index (χ1) is 6.11. The van der Waals surface area contributed by atoms with Crippen LogP contribution in [0.1, 0.15) is 13.8 Å². The lowest BCUT2D eigenvalue weighted by Gasteiger charge is -2.23. The molecule has 1 aliphatic rings. The van der Waals surface area contributed by atoms with Crippen molar-refractivity contribution in [3.63, 3.8) is 0 Å². The maximum Gasteiger partial charge on any atom is 0.239 e. The third-order valence-corrected chi connectivity index (χ3v) is 3.42. The van der Waals surface area contributed by atoms with E-state index >= 15 is 0 Å². The van der Waals surface area contributed by atoms with Crippen LogP contribution < -0.4 is 5.73 Å². The molecule has 0 aliphatic carbocycles. The first-order valence-corrected chi connectivity index (χ1v) is 5.89. The second-order valence-corrected chi connectivity index (χ2v) is 4.90. The van der Waals surface area contributed by atoms with Gasteiger partial charge in [0.05, 0.1) is 6.04 Å². The highest BCUT2D eigenvalue weighted by molar-refractivity contribution is 7.99.